The maximum absolute atomic E-state index is 11.4. The highest BCUT2D eigenvalue weighted by molar-refractivity contribution is 8.03. The molecule has 2 aromatic rings. The summed E-state index contributed by atoms with van der Waals surface area (Å²) in [6, 6.07) is 0. The van der Waals surface area contributed by atoms with Crippen molar-refractivity contribution in [1.29, 1.82) is 0 Å². The minimum Gasteiger partial charge on any atom is -0.480 e. The largest absolute Gasteiger partial charge is 0.490 e. The molecule has 0 unspecified atom stereocenters. The lowest BCUT2D eigenvalue weighted by Crippen LogP contribution is -2.29. The molecule has 0 radical (unpaired) electrons. The first-order chi connectivity index (χ1) is 17.7. The Labute approximate surface area is 229 Å². The number of thioether (sulfide) groups is 1. The summed E-state index contributed by atoms with van der Waals surface area (Å²) in [5.74, 6) is -2.84. The normalized spacial score (nSPS) is 11.5. The van der Waals surface area contributed by atoms with Crippen molar-refractivity contribution in [2.24, 2.45) is 0 Å². The number of thiazole rings is 1. The molecule has 0 fully saturated rings. The van der Waals surface area contributed by atoms with Gasteiger partial charge in [-0.2, -0.15) is 13.2 Å². The quantitative estimate of drug-likeness (QED) is 0.216. The summed E-state index contributed by atoms with van der Waals surface area (Å²) in [4.78, 5) is 38.3. The first kappa shape index (κ1) is 33.4. The minimum absolute atomic E-state index is 0.748. The molecule has 0 aromatic carbocycles. The van der Waals surface area contributed by atoms with Crippen molar-refractivity contribution < 1.29 is 33.0 Å². The van der Waals surface area contributed by atoms with E-state index in [9.17, 15) is 23.1 Å². The molecule has 2 rings (SSSR count). The molecule has 0 atom stereocenters. The van der Waals surface area contributed by atoms with E-state index in [1.165, 1.54) is 48.8 Å². The second kappa shape index (κ2) is 15.7. The zero-order valence-electron chi connectivity index (χ0n) is 22.3. The van der Waals surface area contributed by atoms with Gasteiger partial charge in [0.1, 0.15) is 4.75 Å². The molecule has 0 amide bonds. The average Bonchev–Trinajstić information content (AvgIpc) is 3.27. The second-order valence-electron chi connectivity index (χ2n) is 9.11. The lowest BCUT2D eigenvalue weighted by molar-refractivity contribution is -0.192. The van der Waals surface area contributed by atoms with Crippen LogP contribution in [0.3, 0.4) is 0 Å². The van der Waals surface area contributed by atoms with Gasteiger partial charge in [0, 0.05) is 39.0 Å². The fourth-order valence-electron chi connectivity index (χ4n) is 2.89. The third-order valence-corrected chi connectivity index (χ3v) is 7.40. The standard InChI is InChI=1S/C22H35N5O2S2.C2HF3O2/c1-6-7-8-9-10-12-27(20-23-14-18(15-24-20)26(4)5)13-11-17-16-30-21(25-17)31-22(2,3)19(28)29;3-2(4,5)1(6)7/h14-16H,6-13H2,1-5H3,(H,28,29);(H,6,7). The van der Waals surface area contributed by atoms with E-state index in [1.54, 1.807) is 13.8 Å². The molecule has 2 N–H and O–H groups in total. The number of hydrogen-bond donors (Lipinski definition) is 2. The van der Waals surface area contributed by atoms with Crippen LogP contribution in [0.15, 0.2) is 22.1 Å². The zero-order valence-corrected chi connectivity index (χ0v) is 23.9. The maximum atomic E-state index is 11.4. The average molecular weight is 580 g/mol. The number of rotatable bonds is 14. The molecule has 0 saturated heterocycles. The van der Waals surface area contributed by atoms with Gasteiger partial charge in [-0.3, -0.25) is 4.79 Å². The third-order valence-electron chi connectivity index (χ3n) is 5.22. The van der Waals surface area contributed by atoms with Gasteiger partial charge in [-0.1, -0.05) is 44.4 Å². The molecule has 2 heterocycles. The first-order valence-electron chi connectivity index (χ1n) is 12.1. The molecule has 2 aromatic heterocycles. The van der Waals surface area contributed by atoms with Gasteiger partial charge < -0.3 is 20.0 Å². The van der Waals surface area contributed by atoms with E-state index in [-0.39, 0.29) is 0 Å². The van der Waals surface area contributed by atoms with Crippen LogP contribution in [-0.2, 0) is 16.0 Å². The summed E-state index contributed by atoms with van der Waals surface area (Å²) >= 11 is 2.80. The number of carboxylic acid groups (broad SMARTS) is 2. The van der Waals surface area contributed by atoms with Crippen molar-refractivity contribution in [3.05, 3.63) is 23.5 Å². The van der Waals surface area contributed by atoms with Gasteiger partial charge in [0.15, 0.2) is 4.34 Å². The Balaban J connectivity index is 0.000000905. The van der Waals surface area contributed by atoms with E-state index >= 15 is 0 Å². The van der Waals surface area contributed by atoms with Crippen molar-refractivity contribution in [2.45, 2.75) is 74.6 Å². The Morgan fingerprint density at radius 3 is 2.08 bits per heavy atom. The molecule has 0 spiro atoms. The summed E-state index contributed by atoms with van der Waals surface area (Å²) < 4.78 is 31.6. The summed E-state index contributed by atoms with van der Waals surface area (Å²) in [5.41, 5.74) is 1.96. The van der Waals surface area contributed by atoms with E-state index < -0.39 is 22.9 Å². The van der Waals surface area contributed by atoms with E-state index in [2.05, 4.69) is 26.8 Å². The molecule has 0 aliphatic rings. The van der Waals surface area contributed by atoms with Crippen LogP contribution in [0.1, 0.15) is 58.6 Å². The molecule has 0 aliphatic carbocycles. The number of alkyl halides is 3. The van der Waals surface area contributed by atoms with Crippen LogP contribution >= 0.6 is 23.1 Å². The van der Waals surface area contributed by atoms with Gasteiger partial charge in [0.05, 0.1) is 23.8 Å². The van der Waals surface area contributed by atoms with Crippen LogP contribution in [0, 0.1) is 0 Å². The van der Waals surface area contributed by atoms with Crippen molar-refractivity contribution in [3.8, 4) is 0 Å². The third kappa shape index (κ3) is 12.3. The Morgan fingerprint density at radius 2 is 1.58 bits per heavy atom. The Bertz CT molecular complexity index is 1000. The molecular weight excluding hydrogens is 543 g/mol. The summed E-state index contributed by atoms with van der Waals surface area (Å²) in [6.07, 6.45) is 5.51. The van der Waals surface area contributed by atoms with Crippen LogP contribution in [0.25, 0.3) is 0 Å². The number of carboxylic acids is 2. The number of aliphatic carboxylic acids is 2. The van der Waals surface area contributed by atoms with Gasteiger partial charge in [-0.25, -0.2) is 19.7 Å². The van der Waals surface area contributed by atoms with Gasteiger partial charge in [0.25, 0.3) is 0 Å². The molecule has 0 bridgehead atoms. The van der Waals surface area contributed by atoms with Crippen LogP contribution in [-0.4, -0.2) is 75.2 Å². The summed E-state index contributed by atoms with van der Waals surface area (Å²) in [5, 5.41) is 18.5. The van der Waals surface area contributed by atoms with Gasteiger partial charge in [-0.05, 0) is 20.3 Å². The smallest absolute Gasteiger partial charge is 0.480 e. The fourth-order valence-corrected chi connectivity index (χ4v) is 5.11. The van der Waals surface area contributed by atoms with Gasteiger partial charge >= 0.3 is 18.1 Å². The number of carbonyl (C=O) groups is 2. The Hall–Kier alpha value is -2.61. The van der Waals surface area contributed by atoms with Crippen LogP contribution in [0.5, 0.6) is 0 Å². The number of aromatic nitrogens is 3. The van der Waals surface area contributed by atoms with Gasteiger partial charge in [0.2, 0.25) is 5.95 Å². The zero-order chi connectivity index (χ0) is 28.9. The number of anilines is 2. The number of halogens is 3. The van der Waals surface area contributed by atoms with Crippen LogP contribution in [0.4, 0.5) is 24.8 Å². The van der Waals surface area contributed by atoms with Crippen molar-refractivity contribution >= 4 is 46.7 Å². The van der Waals surface area contributed by atoms with E-state index in [0.29, 0.717) is 0 Å². The number of hydrogen-bond acceptors (Lipinski definition) is 9. The SMILES string of the molecule is CCCCCCCN(CCc1csc(SC(C)(C)C(=O)O)n1)c1ncc(N(C)C)cn1.O=C(O)C(F)(F)F. The molecular formula is C24H36F3N5O4S2. The van der Waals surface area contributed by atoms with Crippen molar-refractivity contribution in [2.75, 3.05) is 37.0 Å². The maximum Gasteiger partial charge on any atom is 0.490 e. The highest BCUT2D eigenvalue weighted by Crippen LogP contribution is 2.34. The first-order valence-corrected chi connectivity index (χ1v) is 13.8. The summed E-state index contributed by atoms with van der Waals surface area (Å²) in [7, 11) is 3.96. The lowest BCUT2D eigenvalue weighted by Gasteiger charge is -2.23. The monoisotopic (exact) mass is 579 g/mol. The Kier molecular flexibility index (Phi) is 13.8. The summed E-state index contributed by atoms with van der Waals surface area (Å²) in [6.45, 7) is 7.34. The molecule has 0 saturated carbocycles. The van der Waals surface area contributed by atoms with E-state index in [0.717, 1.165) is 47.6 Å². The highest BCUT2D eigenvalue weighted by Gasteiger charge is 2.38. The highest BCUT2D eigenvalue weighted by atomic mass is 32.2. The number of unbranched alkanes of at least 4 members (excludes halogenated alkanes) is 4. The van der Waals surface area contributed by atoms with E-state index in [1.807, 2.05) is 36.8 Å². The topological polar surface area (TPSA) is 120 Å². The predicted octanol–water partition coefficient (Wildman–Crippen LogP) is 5.61. The van der Waals surface area contributed by atoms with E-state index in [4.69, 9.17) is 9.90 Å². The Morgan fingerprint density at radius 1 is 1.00 bits per heavy atom. The van der Waals surface area contributed by atoms with Crippen LogP contribution in [0.2, 0.25) is 0 Å². The van der Waals surface area contributed by atoms with Crippen molar-refractivity contribution in [1.82, 2.24) is 15.0 Å². The molecule has 0 aliphatic heterocycles. The fraction of sp³-hybridized carbons (Fsp3) is 0.625. The number of nitrogens with zero attached hydrogens (tertiary/aromatic N) is 5. The predicted molar refractivity (Wildman–Crippen MR) is 144 cm³/mol. The lowest BCUT2D eigenvalue weighted by atomic mass is 10.1. The van der Waals surface area contributed by atoms with Gasteiger partial charge in [-0.15, -0.1) is 11.3 Å². The minimum atomic E-state index is -5.08. The molecule has 9 nitrogen and oxygen atoms in total. The molecule has 214 valence electrons. The molecule has 14 heteroatoms. The van der Waals surface area contributed by atoms with Crippen molar-refractivity contribution in [3.63, 3.8) is 0 Å². The molecule has 38 heavy (non-hydrogen) atoms. The second-order valence-corrected chi connectivity index (χ2v) is 11.8. The van der Waals surface area contributed by atoms with Crippen LogP contribution < -0.4 is 9.80 Å².